The highest BCUT2D eigenvalue weighted by atomic mass is 16.5. The number of nitrogens with zero attached hydrogens (tertiary/aromatic N) is 3. The third-order valence-corrected chi connectivity index (χ3v) is 4.61. The largest absolute Gasteiger partial charge is 0.491 e. The van der Waals surface area contributed by atoms with Crippen LogP contribution in [0.4, 0.5) is 0 Å². The molecule has 1 saturated carbocycles. The summed E-state index contributed by atoms with van der Waals surface area (Å²) in [5.41, 5.74) is 3.87. The first-order valence-corrected chi connectivity index (χ1v) is 7.96. The molecule has 0 atom stereocenters. The molecule has 2 heterocycles. The molecule has 0 unspecified atom stereocenters. The maximum absolute atomic E-state index is 12.5. The zero-order chi connectivity index (χ0) is 16.0. The van der Waals surface area contributed by atoms with Crippen LogP contribution in [0.2, 0.25) is 0 Å². The van der Waals surface area contributed by atoms with Gasteiger partial charge in [-0.15, -0.1) is 5.10 Å². The van der Waals surface area contributed by atoms with E-state index in [1.807, 2.05) is 29.8 Å². The summed E-state index contributed by atoms with van der Waals surface area (Å²) in [5, 5.41) is 17.9. The van der Waals surface area contributed by atoms with Gasteiger partial charge in [0.1, 0.15) is 0 Å². The maximum atomic E-state index is 12.5. The molecule has 2 aromatic rings. The van der Waals surface area contributed by atoms with Crippen molar-refractivity contribution in [2.45, 2.75) is 39.3 Å². The van der Waals surface area contributed by atoms with Crippen LogP contribution in [0.1, 0.15) is 40.2 Å². The molecule has 2 aliphatic rings. The molecule has 0 amide bonds. The van der Waals surface area contributed by atoms with Gasteiger partial charge in [0.25, 0.3) is 0 Å². The lowest BCUT2D eigenvalue weighted by Crippen LogP contribution is -2.28. The van der Waals surface area contributed by atoms with Gasteiger partial charge in [0.2, 0.25) is 0 Å². The van der Waals surface area contributed by atoms with Gasteiger partial charge in [-0.25, -0.2) is 4.68 Å². The Morgan fingerprint density at radius 2 is 2.30 bits per heavy atom. The monoisotopic (exact) mass is 311 g/mol. The first-order chi connectivity index (χ1) is 11.1. The van der Waals surface area contributed by atoms with E-state index in [4.69, 9.17) is 4.65 Å². The molecule has 7 heteroatoms. The molecule has 1 fully saturated rings. The van der Waals surface area contributed by atoms with E-state index in [9.17, 15) is 9.82 Å². The number of Topliss-reactive ketones (excluding diaryl/α,β-unsaturated/α-hetero) is 1. The summed E-state index contributed by atoms with van der Waals surface area (Å²) in [6.07, 6.45) is 2.73. The van der Waals surface area contributed by atoms with Crippen molar-refractivity contribution in [3.05, 3.63) is 40.7 Å². The molecule has 118 valence electrons. The van der Waals surface area contributed by atoms with E-state index in [0.29, 0.717) is 18.2 Å². The summed E-state index contributed by atoms with van der Waals surface area (Å²) < 4.78 is 7.02. The fourth-order valence-electron chi connectivity index (χ4n) is 2.98. The second-order valence-electron chi connectivity index (χ2n) is 6.45. The second-order valence-corrected chi connectivity index (χ2v) is 6.45. The molecule has 0 spiro atoms. The van der Waals surface area contributed by atoms with Gasteiger partial charge >= 0.3 is 7.12 Å². The van der Waals surface area contributed by atoms with Crippen LogP contribution in [0.25, 0.3) is 0 Å². The molecular formula is C16H18BN3O3. The number of ketones is 1. The van der Waals surface area contributed by atoms with Gasteiger partial charge < -0.3 is 9.68 Å². The van der Waals surface area contributed by atoms with Crippen molar-refractivity contribution in [2.24, 2.45) is 5.92 Å². The summed E-state index contributed by atoms with van der Waals surface area (Å²) in [5.74, 6) is 0.648. The zero-order valence-electron chi connectivity index (χ0n) is 13.0. The van der Waals surface area contributed by atoms with Crippen molar-refractivity contribution < 1.29 is 14.5 Å². The highest BCUT2D eigenvalue weighted by Gasteiger charge is 2.28. The normalized spacial score (nSPS) is 16.7. The van der Waals surface area contributed by atoms with Crippen molar-refractivity contribution in [3.63, 3.8) is 0 Å². The molecule has 1 N–H and O–H groups in total. The smallest absolute Gasteiger partial charge is 0.423 e. The van der Waals surface area contributed by atoms with Gasteiger partial charge in [-0.3, -0.25) is 4.79 Å². The van der Waals surface area contributed by atoms with Gasteiger partial charge in [-0.1, -0.05) is 23.4 Å². The fraction of sp³-hybridized carbons (Fsp3) is 0.438. The highest BCUT2D eigenvalue weighted by molar-refractivity contribution is 6.61. The first kappa shape index (κ1) is 14.6. The van der Waals surface area contributed by atoms with E-state index < -0.39 is 7.12 Å². The number of rotatable bonds is 5. The van der Waals surface area contributed by atoms with Crippen LogP contribution >= 0.6 is 0 Å². The molecule has 1 aliphatic heterocycles. The van der Waals surface area contributed by atoms with Crippen molar-refractivity contribution in [1.82, 2.24) is 15.0 Å². The summed E-state index contributed by atoms with van der Waals surface area (Å²) in [7, 11) is -0.888. The molecule has 1 aromatic heterocycles. The minimum atomic E-state index is -0.888. The number of benzene rings is 1. The average Bonchev–Trinajstić information content (AvgIpc) is 3.18. The average molecular weight is 311 g/mol. The molecule has 6 nitrogen and oxygen atoms in total. The van der Waals surface area contributed by atoms with Crippen molar-refractivity contribution in [3.8, 4) is 0 Å². The van der Waals surface area contributed by atoms with Crippen LogP contribution in [-0.4, -0.2) is 32.9 Å². The van der Waals surface area contributed by atoms with Gasteiger partial charge in [0, 0.05) is 13.0 Å². The maximum Gasteiger partial charge on any atom is 0.491 e. The van der Waals surface area contributed by atoms with Crippen molar-refractivity contribution in [1.29, 1.82) is 0 Å². The fourth-order valence-corrected chi connectivity index (χ4v) is 2.98. The molecule has 23 heavy (non-hydrogen) atoms. The summed E-state index contributed by atoms with van der Waals surface area (Å²) >= 11 is 0. The van der Waals surface area contributed by atoms with E-state index in [1.54, 1.807) is 0 Å². The standard InChI is InChI=1S/C16H18BN3O3/c1-10-16(18-19-20(10)8-11-2-3-11)15(21)7-12-4-5-13-9-23-17(22)14(13)6-12/h4-6,11,22H,2-3,7-9H2,1H3. The lowest BCUT2D eigenvalue weighted by atomic mass is 9.78. The minimum Gasteiger partial charge on any atom is -0.423 e. The summed E-state index contributed by atoms with van der Waals surface area (Å²) in [6, 6.07) is 5.65. The second kappa shape index (κ2) is 5.58. The molecular weight excluding hydrogens is 293 g/mol. The number of hydrogen-bond acceptors (Lipinski definition) is 5. The molecule has 0 saturated heterocycles. The zero-order valence-corrected chi connectivity index (χ0v) is 13.0. The number of fused-ring (bicyclic) bond motifs is 1. The Labute approximate surface area is 134 Å². The Bertz CT molecular complexity index is 770. The first-order valence-electron chi connectivity index (χ1n) is 7.96. The van der Waals surface area contributed by atoms with Crippen LogP contribution in [0.15, 0.2) is 18.2 Å². The van der Waals surface area contributed by atoms with Gasteiger partial charge in [-0.2, -0.15) is 0 Å². The van der Waals surface area contributed by atoms with Gasteiger partial charge in [0.15, 0.2) is 11.5 Å². The Kier molecular flexibility index (Phi) is 3.54. The number of aromatic nitrogens is 3. The van der Waals surface area contributed by atoms with E-state index in [0.717, 1.165) is 28.8 Å². The van der Waals surface area contributed by atoms with Crippen LogP contribution in [0.3, 0.4) is 0 Å². The van der Waals surface area contributed by atoms with Crippen LogP contribution in [0.5, 0.6) is 0 Å². The van der Waals surface area contributed by atoms with Crippen molar-refractivity contribution in [2.75, 3.05) is 0 Å². The van der Waals surface area contributed by atoms with E-state index >= 15 is 0 Å². The number of carbonyl (C=O) groups is 1. The molecule has 0 radical (unpaired) electrons. The highest BCUT2D eigenvalue weighted by Crippen LogP contribution is 2.30. The quantitative estimate of drug-likeness (QED) is 0.648. The third-order valence-electron chi connectivity index (χ3n) is 4.61. The molecule has 1 aromatic carbocycles. The van der Waals surface area contributed by atoms with Gasteiger partial charge in [0.05, 0.1) is 12.3 Å². The predicted octanol–water partition coefficient (Wildman–Crippen LogP) is 0.640. The Balaban J connectivity index is 1.51. The third kappa shape index (κ3) is 2.82. The predicted molar refractivity (Wildman–Crippen MR) is 84.4 cm³/mol. The summed E-state index contributed by atoms with van der Waals surface area (Å²) in [4.78, 5) is 12.5. The van der Waals surface area contributed by atoms with E-state index in [1.165, 1.54) is 12.8 Å². The van der Waals surface area contributed by atoms with Crippen LogP contribution < -0.4 is 5.46 Å². The van der Waals surface area contributed by atoms with Crippen molar-refractivity contribution >= 4 is 18.4 Å². The van der Waals surface area contributed by atoms with E-state index in [-0.39, 0.29) is 12.2 Å². The SMILES string of the molecule is Cc1c(C(=O)Cc2ccc3c(c2)B(O)OC3)nnn1CC1CC1. The Morgan fingerprint density at radius 3 is 3.09 bits per heavy atom. The molecule has 0 bridgehead atoms. The van der Waals surface area contributed by atoms with Crippen LogP contribution in [-0.2, 0) is 24.2 Å². The topological polar surface area (TPSA) is 77.2 Å². The number of hydrogen-bond donors (Lipinski definition) is 1. The molecule has 1 aliphatic carbocycles. The van der Waals surface area contributed by atoms with Gasteiger partial charge in [-0.05, 0) is 42.3 Å². The minimum absolute atomic E-state index is 0.0436. The lowest BCUT2D eigenvalue weighted by molar-refractivity contribution is 0.0987. The van der Waals surface area contributed by atoms with Crippen LogP contribution in [0, 0.1) is 12.8 Å². The Morgan fingerprint density at radius 1 is 1.48 bits per heavy atom. The molecule has 4 rings (SSSR count). The van der Waals surface area contributed by atoms with E-state index in [2.05, 4.69) is 10.3 Å². The lowest BCUT2D eigenvalue weighted by Gasteiger charge is -2.04. The summed E-state index contributed by atoms with van der Waals surface area (Å²) in [6.45, 7) is 3.17. The Hall–Kier alpha value is -1.99. The number of carbonyl (C=O) groups excluding carboxylic acids is 1.